The van der Waals surface area contributed by atoms with Gasteiger partial charge in [0.25, 0.3) is 0 Å². The molecule has 9 rings (SSSR count). The van der Waals surface area contributed by atoms with Gasteiger partial charge < -0.3 is 4.42 Å². The van der Waals surface area contributed by atoms with E-state index in [4.69, 9.17) is 0 Å². The lowest BCUT2D eigenvalue weighted by molar-refractivity contribution is 0.567. The highest BCUT2D eigenvalue weighted by Gasteiger charge is 1.92. The number of aromatic nitrogens is 1. The highest BCUT2D eigenvalue weighted by atomic mass is 32.1. The molecule has 0 bridgehead atoms. The van der Waals surface area contributed by atoms with Crippen LogP contribution in [0, 0.1) is 76.2 Å². The second kappa shape index (κ2) is 187. The fourth-order valence-corrected chi connectivity index (χ4v) is 5.29. The summed E-state index contributed by atoms with van der Waals surface area (Å²) in [6, 6.07) is 65.6. The van der Waals surface area contributed by atoms with Crippen LogP contribution < -0.4 is 0 Å². The molecule has 0 aliphatic carbocycles. The van der Waals surface area contributed by atoms with Crippen LogP contribution in [0.2, 0.25) is 0 Å². The molecule has 6 aromatic carbocycles. The first-order valence-electron chi connectivity index (χ1n) is 41.3. The van der Waals surface area contributed by atoms with Gasteiger partial charge in [0, 0.05) is 12.4 Å². The fourth-order valence-electron chi connectivity index (χ4n) is 4.84. The van der Waals surface area contributed by atoms with Crippen LogP contribution in [0.15, 0.2) is 234 Å². The summed E-state index contributed by atoms with van der Waals surface area (Å²) in [5.74, 6) is 0. The Morgan fingerprint density at radius 3 is 0.534 bits per heavy atom. The number of hydrogen-bond acceptors (Lipinski definition) is 3. The molecule has 3 aromatic heterocycles. The van der Waals surface area contributed by atoms with Gasteiger partial charge >= 0.3 is 0 Å². The molecule has 0 unspecified atom stereocenters. The van der Waals surface area contributed by atoms with Crippen molar-refractivity contribution >= 4 is 11.3 Å². The Labute approximate surface area is 660 Å². The van der Waals surface area contributed by atoms with Gasteiger partial charge in [-0.05, 0) is 139 Å². The predicted molar refractivity (Wildman–Crippen MR) is 505 cm³/mol. The predicted octanol–water partition coefficient (Wildman–Crippen LogP) is 38.1. The summed E-state index contributed by atoms with van der Waals surface area (Å²) in [6.45, 7) is 103. The zero-order chi connectivity index (χ0) is 86.3. The molecule has 608 valence electrons. The Bertz CT molecular complexity index is 2120. The summed E-state index contributed by atoms with van der Waals surface area (Å²) >= 11 is 1.71. The number of pyridine rings is 1. The smallest absolute Gasteiger partial charge is 0.0902 e. The van der Waals surface area contributed by atoms with Crippen LogP contribution in [0.5, 0.6) is 0 Å². The van der Waals surface area contributed by atoms with Crippen molar-refractivity contribution in [1.82, 2.24) is 4.98 Å². The molecule has 9 aromatic rings. The second-order valence-electron chi connectivity index (χ2n) is 14.8. The van der Waals surface area contributed by atoms with Gasteiger partial charge in [-0.25, -0.2) is 0 Å². The number of hydrogen-bond donors (Lipinski definition) is 0. The minimum absolute atomic E-state index is 1.32. The third kappa shape index (κ3) is 168. The topological polar surface area (TPSA) is 26.0 Å². The SMILES string of the molecule is CC.CC.CC.CC.CC.CC.CC.CC.CC.CC.CC.CC.CC.CC.CC.CC.CC.CC.CC.CC.Cc1ccc(C)cc1.Cc1cccc(C)c1.Cc1cccc(C)c1C.Cc1ccccc1.Cc1ccccc1.Cc1ccccc1C.c1ccncc1.c1ccoc1.c1ccsc1. The molecular formula is C100H191NOS. The summed E-state index contributed by atoms with van der Waals surface area (Å²) in [6.07, 6.45) is 6.75. The lowest BCUT2D eigenvalue weighted by atomic mass is 10.1. The van der Waals surface area contributed by atoms with E-state index in [0.29, 0.717) is 0 Å². The molecule has 0 amide bonds. The van der Waals surface area contributed by atoms with Crippen molar-refractivity contribution < 1.29 is 4.42 Å². The van der Waals surface area contributed by atoms with Gasteiger partial charge in [0.05, 0.1) is 12.5 Å². The van der Waals surface area contributed by atoms with Gasteiger partial charge in [0.15, 0.2) is 0 Å². The van der Waals surface area contributed by atoms with Crippen LogP contribution >= 0.6 is 11.3 Å². The van der Waals surface area contributed by atoms with Crippen LogP contribution in [0.1, 0.15) is 338 Å². The Morgan fingerprint density at radius 2 is 0.398 bits per heavy atom. The van der Waals surface area contributed by atoms with Crippen molar-refractivity contribution in [3.8, 4) is 0 Å². The fraction of sp³-hybridized carbons (Fsp3) is 0.510. The third-order valence-electron chi connectivity index (χ3n) is 8.99. The van der Waals surface area contributed by atoms with E-state index in [-0.39, 0.29) is 0 Å². The van der Waals surface area contributed by atoms with E-state index in [1.807, 2.05) is 367 Å². The molecular weight excluding hydrogens is 1260 g/mol. The van der Waals surface area contributed by atoms with Gasteiger partial charge in [0.1, 0.15) is 0 Å². The summed E-state index contributed by atoms with van der Waals surface area (Å²) in [5, 5.41) is 4.08. The zero-order valence-corrected chi connectivity index (χ0v) is 80.5. The maximum atomic E-state index is 4.58. The van der Waals surface area contributed by atoms with Crippen molar-refractivity contribution in [3.63, 3.8) is 0 Å². The second-order valence-corrected chi connectivity index (χ2v) is 15.7. The van der Waals surface area contributed by atoms with Crippen molar-refractivity contribution in [2.75, 3.05) is 0 Å². The minimum atomic E-state index is 1.32. The van der Waals surface area contributed by atoms with Gasteiger partial charge in [-0.3, -0.25) is 4.98 Å². The number of aryl methyl sites for hydroxylation is 10. The van der Waals surface area contributed by atoms with Gasteiger partial charge in [-0.1, -0.05) is 480 Å². The van der Waals surface area contributed by atoms with Crippen molar-refractivity contribution in [1.29, 1.82) is 0 Å². The number of rotatable bonds is 0. The van der Waals surface area contributed by atoms with Crippen LogP contribution in [0.25, 0.3) is 0 Å². The van der Waals surface area contributed by atoms with Gasteiger partial charge in [-0.15, -0.1) is 0 Å². The first-order chi connectivity index (χ1) is 50.4. The normalized spacial score (nSPS) is 6.59. The molecule has 103 heavy (non-hydrogen) atoms. The third-order valence-corrected chi connectivity index (χ3v) is 9.62. The average Bonchev–Trinajstić information content (AvgIpc) is 1.08. The summed E-state index contributed by atoms with van der Waals surface area (Å²) in [4.78, 5) is 3.78. The molecule has 0 spiro atoms. The van der Waals surface area contributed by atoms with E-state index in [1.165, 1.54) is 61.2 Å². The molecule has 0 aliphatic heterocycles. The number of nitrogens with zero attached hydrogens (tertiary/aromatic N) is 1. The molecule has 0 N–H and O–H groups in total. The molecule has 2 nitrogen and oxygen atoms in total. The monoisotopic (exact) mass is 1450 g/mol. The Balaban J connectivity index is -0.0000000395. The first-order valence-corrected chi connectivity index (χ1v) is 42.3. The van der Waals surface area contributed by atoms with Crippen LogP contribution in [0.3, 0.4) is 0 Å². The van der Waals surface area contributed by atoms with Crippen molar-refractivity contribution in [2.45, 2.75) is 353 Å². The quantitative estimate of drug-likeness (QED) is 0.151. The summed E-state index contributed by atoms with van der Waals surface area (Å²) in [7, 11) is 0. The average molecular weight is 1460 g/mol. The number of furan rings is 1. The minimum Gasteiger partial charge on any atom is -0.473 e. The standard InChI is InChI=1S/C9H12.3C8H10.2C7H8.C5H5N.C4H4O.C4H4S.20C2H6/c1-7-5-4-6-8(2)9(7)3;1-7-3-5-8(2)6-4-7;1-7-4-3-5-8(2)6-7;1-7-5-3-4-6-8(7)2;2*1-7-5-3-2-4-6-7;1-2-4-6-5-3-1;2*1-2-4-5-3-1;20*1-2/h4-6H,1-3H3;3*3-6H,1-2H3;2*2-6H,1H3;1-5H;2*1-4H;20*1-2H3. The largest absolute Gasteiger partial charge is 0.473 e. The van der Waals surface area contributed by atoms with E-state index in [2.05, 4.69) is 201 Å². The molecule has 0 aliphatic rings. The van der Waals surface area contributed by atoms with Crippen molar-refractivity contribution in [2.24, 2.45) is 0 Å². The Kier molecular flexibility index (Phi) is 273. The van der Waals surface area contributed by atoms with E-state index in [1.54, 1.807) is 36.3 Å². The molecule has 0 saturated carbocycles. The van der Waals surface area contributed by atoms with Crippen molar-refractivity contribution in [3.05, 3.63) is 291 Å². The Hall–Kier alpha value is -6.55. The van der Waals surface area contributed by atoms with Crippen LogP contribution in [-0.2, 0) is 0 Å². The van der Waals surface area contributed by atoms with E-state index in [0.717, 1.165) is 0 Å². The van der Waals surface area contributed by atoms with E-state index < -0.39 is 0 Å². The zero-order valence-electron chi connectivity index (χ0n) is 79.7. The van der Waals surface area contributed by atoms with Crippen LogP contribution in [0.4, 0.5) is 0 Å². The first kappa shape index (κ1) is 150. The van der Waals surface area contributed by atoms with Crippen LogP contribution in [-0.4, -0.2) is 4.98 Å². The lowest BCUT2D eigenvalue weighted by Crippen LogP contribution is -1.82. The van der Waals surface area contributed by atoms with Gasteiger partial charge in [-0.2, -0.15) is 11.3 Å². The number of benzene rings is 6. The van der Waals surface area contributed by atoms with E-state index in [9.17, 15) is 0 Å². The summed E-state index contributed by atoms with van der Waals surface area (Å²) < 4.78 is 4.58. The maximum absolute atomic E-state index is 4.58. The number of thiophene rings is 1. The van der Waals surface area contributed by atoms with E-state index >= 15 is 0 Å². The molecule has 3 heterocycles. The molecule has 0 saturated heterocycles. The highest BCUT2D eigenvalue weighted by Crippen LogP contribution is 2.10. The highest BCUT2D eigenvalue weighted by molar-refractivity contribution is 7.07. The Morgan fingerprint density at radius 1 is 0.194 bits per heavy atom. The molecule has 0 radical (unpaired) electrons. The van der Waals surface area contributed by atoms with Gasteiger partial charge in [0.2, 0.25) is 0 Å². The molecule has 0 atom stereocenters. The molecule has 0 fully saturated rings. The maximum Gasteiger partial charge on any atom is 0.0902 e. The molecule has 3 heteroatoms. The lowest BCUT2D eigenvalue weighted by Gasteiger charge is -2.00. The summed E-state index contributed by atoms with van der Waals surface area (Å²) in [5.41, 5.74) is 14.9.